The van der Waals surface area contributed by atoms with Gasteiger partial charge in [-0.15, -0.1) is 0 Å². The number of alkyl halides is 3. The lowest BCUT2D eigenvalue weighted by molar-refractivity contribution is -0.137. The van der Waals surface area contributed by atoms with Gasteiger partial charge in [0.15, 0.2) is 0 Å². The third kappa shape index (κ3) is 5.29. The van der Waals surface area contributed by atoms with Crippen molar-refractivity contribution in [3.8, 4) is 0 Å². The van der Waals surface area contributed by atoms with Gasteiger partial charge in [0.2, 0.25) is 5.91 Å². The van der Waals surface area contributed by atoms with Gasteiger partial charge in [-0.1, -0.05) is 12.1 Å². The van der Waals surface area contributed by atoms with Crippen LogP contribution in [0.5, 0.6) is 0 Å². The van der Waals surface area contributed by atoms with Gasteiger partial charge in [-0.25, -0.2) is 4.39 Å². The van der Waals surface area contributed by atoms with E-state index in [1.54, 1.807) is 12.1 Å². The van der Waals surface area contributed by atoms with E-state index in [0.717, 1.165) is 37.1 Å². The Balaban J connectivity index is 1.57. The van der Waals surface area contributed by atoms with Gasteiger partial charge in [0.1, 0.15) is 5.82 Å². The first kappa shape index (κ1) is 19.4. The minimum absolute atomic E-state index is 0.196. The topological polar surface area (TPSA) is 32.3 Å². The molecule has 7 heteroatoms. The van der Waals surface area contributed by atoms with E-state index in [9.17, 15) is 22.4 Å². The average Bonchev–Trinajstić information content (AvgIpc) is 2.63. The SMILES string of the molecule is O=C(Nc1ccc(C(F)(F)F)cc1)[C@@H]1CCCN(Cc2ccc(F)cc2)C1. The summed E-state index contributed by atoms with van der Waals surface area (Å²) in [6.07, 6.45) is -2.81. The first-order valence-electron chi connectivity index (χ1n) is 8.76. The number of halogens is 4. The predicted octanol–water partition coefficient (Wildman–Crippen LogP) is 4.70. The van der Waals surface area contributed by atoms with E-state index in [1.165, 1.54) is 24.3 Å². The number of likely N-dealkylation sites (tertiary alicyclic amines) is 1. The van der Waals surface area contributed by atoms with E-state index < -0.39 is 11.7 Å². The zero-order chi connectivity index (χ0) is 19.4. The molecule has 0 aliphatic carbocycles. The van der Waals surface area contributed by atoms with Crippen molar-refractivity contribution in [2.45, 2.75) is 25.6 Å². The highest BCUT2D eigenvalue weighted by Gasteiger charge is 2.30. The summed E-state index contributed by atoms with van der Waals surface area (Å²) in [5, 5.41) is 2.70. The lowest BCUT2D eigenvalue weighted by Gasteiger charge is -2.32. The molecule has 1 heterocycles. The molecule has 1 amide bonds. The zero-order valence-corrected chi connectivity index (χ0v) is 14.6. The molecule has 0 unspecified atom stereocenters. The third-order valence-corrected chi connectivity index (χ3v) is 4.68. The van der Waals surface area contributed by atoms with Crippen LogP contribution in [0.2, 0.25) is 0 Å². The molecule has 3 nitrogen and oxygen atoms in total. The number of nitrogens with zero attached hydrogens (tertiary/aromatic N) is 1. The zero-order valence-electron chi connectivity index (χ0n) is 14.6. The molecule has 1 atom stereocenters. The predicted molar refractivity (Wildman–Crippen MR) is 94.5 cm³/mol. The Morgan fingerprint density at radius 3 is 2.37 bits per heavy atom. The van der Waals surface area contributed by atoms with Gasteiger partial charge in [-0.3, -0.25) is 9.69 Å². The Bertz CT molecular complexity index is 772. The van der Waals surface area contributed by atoms with Gasteiger partial charge in [0, 0.05) is 18.8 Å². The maximum atomic E-state index is 13.0. The van der Waals surface area contributed by atoms with Gasteiger partial charge < -0.3 is 5.32 Å². The summed E-state index contributed by atoms with van der Waals surface area (Å²) in [5.74, 6) is -0.716. The smallest absolute Gasteiger partial charge is 0.326 e. The second-order valence-electron chi connectivity index (χ2n) is 6.77. The van der Waals surface area contributed by atoms with Gasteiger partial charge >= 0.3 is 6.18 Å². The largest absolute Gasteiger partial charge is 0.416 e. The van der Waals surface area contributed by atoms with Crippen molar-refractivity contribution in [3.63, 3.8) is 0 Å². The molecule has 2 aromatic rings. The number of rotatable bonds is 4. The van der Waals surface area contributed by atoms with E-state index in [1.807, 2.05) is 0 Å². The van der Waals surface area contributed by atoms with Crippen molar-refractivity contribution >= 4 is 11.6 Å². The van der Waals surface area contributed by atoms with Crippen LogP contribution >= 0.6 is 0 Å². The van der Waals surface area contributed by atoms with Crippen LogP contribution in [0.3, 0.4) is 0 Å². The molecule has 27 heavy (non-hydrogen) atoms. The first-order valence-corrected chi connectivity index (χ1v) is 8.76. The molecule has 0 radical (unpaired) electrons. The van der Waals surface area contributed by atoms with Crippen molar-refractivity contribution in [3.05, 3.63) is 65.5 Å². The van der Waals surface area contributed by atoms with E-state index in [-0.39, 0.29) is 17.6 Å². The quantitative estimate of drug-likeness (QED) is 0.780. The molecule has 3 rings (SSSR count). The molecular weight excluding hydrogens is 360 g/mol. The molecule has 1 fully saturated rings. The highest BCUT2D eigenvalue weighted by molar-refractivity contribution is 5.92. The van der Waals surface area contributed by atoms with Crippen LogP contribution in [0.15, 0.2) is 48.5 Å². The maximum Gasteiger partial charge on any atom is 0.416 e. The Morgan fingerprint density at radius 1 is 1.07 bits per heavy atom. The summed E-state index contributed by atoms with van der Waals surface area (Å²) in [6.45, 7) is 2.04. The molecule has 1 aliphatic heterocycles. The lowest BCUT2D eigenvalue weighted by Crippen LogP contribution is -2.40. The molecule has 2 aromatic carbocycles. The van der Waals surface area contributed by atoms with Crippen molar-refractivity contribution < 1.29 is 22.4 Å². The molecule has 144 valence electrons. The molecule has 0 aromatic heterocycles. The van der Waals surface area contributed by atoms with Gasteiger partial charge in [-0.05, 0) is 61.3 Å². The summed E-state index contributed by atoms with van der Waals surface area (Å²) in [7, 11) is 0. The van der Waals surface area contributed by atoms with Crippen molar-refractivity contribution in [1.29, 1.82) is 0 Å². The van der Waals surface area contributed by atoms with E-state index in [2.05, 4.69) is 10.2 Å². The number of hydrogen-bond acceptors (Lipinski definition) is 2. The summed E-state index contributed by atoms with van der Waals surface area (Å²) >= 11 is 0. The molecule has 0 spiro atoms. The fraction of sp³-hybridized carbons (Fsp3) is 0.350. The van der Waals surface area contributed by atoms with Gasteiger partial charge in [0.25, 0.3) is 0 Å². The number of nitrogens with one attached hydrogen (secondary N) is 1. The van der Waals surface area contributed by atoms with E-state index in [0.29, 0.717) is 18.8 Å². The van der Waals surface area contributed by atoms with Crippen molar-refractivity contribution in [2.24, 2.45) is 5.92 Å². The summed E-state index contributed by atoms with van der Waals surface area (Å²) in [6, 6.07) is 10.7. The highest BCUT2D eigenvalue weighted by atomic mass is 19.4. The standard InChI is InChI=1S/C20H20F4N2O/c21-17-7-3-14(4-8-17)12-26-11-1-2-15(13-26)19(27)25-18-9-5-16(6-10-18)20(22,23)24/h3-10,15H,1-2,11-13H2,(H,25,27)/t15-/m1/s1. The van der Waals surface area contributed by atoms with Gasteiger partial charge in [-0.2, -0.15) is 13.2 Å². The number of hydrogen-bond donors (Lipinski definition) is 1. The first-order chi connectivity index (χ1) is 12.8. The normalized spacial score (nSPS) is 18.3. The monoisotopic (exact) mass is 380 g/mol. The Labute approximate surface area is 155 Å². The highest BCUT2D eigenvalue weighted by Crippen LogP contribution is 2.30. The number of benzene rings is 2. The number of amides is 1. The van der Waals surface area contributed by atoms with Crippen molar-refractivity contribution in [2.75, 3.05) is 18.4 Å². The number of carbonyl (C=O) groups is 1. The van der Waals surface area contributed by atoms with E-state index >= 15 is 0 Å². The van der Waals surface area contributed by atoms with Crippen LogP contribution < -0.4 is 5.32 Å². The number of carbonyl (C=O) groups excluding carboxylic acids is 1. The van der Waals surface area contributed by atoms with Crippen LogP contribution in [0.1, 0.15) is 24.0 Å². The van der Waals surface area contributed by atoms with Crippen LogP contribution in [0.25, 0.3) is 0 Å². The third-order valence-electron chi connectivity index (χ3n) is 4.68. The molecule has 0 bridgehead atoms. The maximum absolute atomic E-state index is 13.0. The molecule has 1 aliphatic rings. The average molecular weight is 380 g/mol. The summed E-state index contributed by atoms with van der Waals surface area (Å²) < 4.78 is 50.8. The number of piperidine rings is 1. The minimum Gasteiger partial charge on any atom is -0.326 e. The Morgan fingerprint density at radius 2 is 1.74 bits per heavy atom. The Kier molecular flexibility index (Phi) is 5.79. The Hall–Kier alpha value is -2.41. The van der Waals surface area contributed by atoms with E-state index in [4.69, 9.17) is 0 Å². The van der Waals surface area contributed by atoms with Gasteiger partial charge in [0.05, 0.1) is 11.5 Å². The lowest BCUT2D eigenvalue weighted by atomic mass is 9.96. The molecule has 1 N–H and O–H groups in total. The number of anilines is 1. The molecule has 0 saturated carbocycles. The van der Waals surface area contributed by atoms with Crippen molar-refractivity contribution in [1.82, 2.24) is 4.90 Å². The summed E-state index contributed by atoms with van der Waals surface area (Å²) in [5.41, 5.74) is 0.576. The van der Waals surface area contributed by atoms with Crippen LogP contribution in [-0.2, 0) is 17.5 Å². The second kappa shape index (κ2) is 8.08. The summed E-state index contributed by atoms with van der Waals surface area (Å²) in [4.78, 5) is 14.6. The van der Waals surface area contributed by atoms with Crippen LogP contribution in [0.4, 0.5) is 23.2 Å². The fourth-order valence-corrected chi connectivity index (χ4v) is 3.25. The molecule has 1 saturated heterocycles. The minimum atomic E-state index is -4.40. The van der Waals surface area contributed by atoms with Crippen LogP contribution in [-0.4, -0.2) is 23.9 Å². The molecular formula is C20H20F4N2O. The fourth-order valence-electron chi connectivity index (χ4n) is 3.25. The van der Waals surface area contributed by atoms with Crippen LogP contribution in [0, 0.1) is 11.7 Å². The second-order valence-corrected chi connectivity index (χ2v) is 6.77.